The van der Waals surface area contributed by atoms with Gasteiger partial charge < -0.3 is 15.2 Å². The van der Waals surface area contributed by atoms with E-state index in [0.29, 0.717) is 18.1 Å². The molecule has 0 saturated carbocycles. The summed E-state index contributed by atoms with van der Waals surface area (Å²) in [4.78, 5) is 19.7. The van der Waals surface area contributed by atoms with E-state index in [9.17, 15) is 4.79 Å². The molecule has 1 aromatic carbocycles. The standard InChI is InChI=1S/C18H17N3O3/c1-23-18(22)16(19)10-12-2-4-14(5-3-12)24-17-15-7-8-20-11-13(15)6-9-21-17/h2-9,11,16H,10,19H2,1H3. The van der Waals surface area contributed by atoms with Crippen molar-refractivity contribution in [3.05, 3.63) is 60.6 Å². The van der Waals surface area contributed by atoms with Gasteiger partial charge in [-0.1, -0.05) is 12.1 Å². The number of benzene rings is 1. The molecule has 2 aromatic heterocycles. The molecule has 2 heterocycles. The van der Waals surface area contributed by atoms with Crippen LogP contribution in [0, 0.1) is 0 Å². The van der Waals surface area contributed by atoms with Gasteiger partial charge in [0.25, 0.3) is 0 Å². The molecular formula is C18H17N3O3. The number of esters is 1. The monoisotopic (exact) mass is 323 g/mol. The summed E-state index contributed by atoms with van der Waals surface area (Å²) in [7, 11) is 1.33. The van der Waals surface area contributed by atoms with Crippen molar-refractivity contribution in [3.63, 3.8) is 0 Å². The number of nitrogens with two attached hydrogens (primary N) is 1. The lowest BCUT2D eigenvalue weighted by Crippen LogP contribution is -2.33. The maximum Gasteiger partial charge on any atom is 0.322 e. The number of methoxy groups -OCH3 is 1. The molecule has 24 heavy (non-hydrogen) atoms. The normalized spacial score (nSPS) is 11.9. The lowest BCUT2D eigenvalue weighted by Gasteiger charge is -2.10. The van der Waals surface area contributed by atoms with E-state index in [-0.39, 0.29) is 0 Å². The van der Waals surface area contributed by atoms with Gasteiger partial charge in [0.1, 0.15) is 11.8 Å². The highest BCUT2D eigenvalue weighted by molar-refractivity contribution is 5.85. The van der Waals surface area contributed by atoms with E-state index < -0.39 is 12.0 Å². The first kappa shape index (κ1) is 15.9. The molecule has 3 aromatic rings. The molecule has 1 unspecified atom stereocenters. The Labute approximate surface area is 139 Å². The zero-order valence-electron chi connectivity index (χ0n) is 13.2. The Bertz CT molecular complexity index is 844. The molecule has 0 fully saturated rings. The van der Waals surface area contributed by atoms with Crippen LogP contribution in [-0.4, -0.2) is 29.1 Å². The van der Waals surface area contributed by atoms with Crippen LogP contribution < -0.4 is 10.5 Å². The maximum atomic E-state index is 11.4. The highest BCUT2D eigenvalue weighted by Gasteiger charge is 2.14. The molecule has 0 saturated heterocycles. The Balaban J connectivity index is 1.75. The second-order valence-corrected chi connectivity index (χ2v) is 5.29. The van der Waals surface area contributed by atoms with Crippen LogP contribution in [0.25, 0.3) is 10.8 Å². The third-order valence-corrected chi connectivity index (χ3v) is 3.63. The predicted molar refractivity (Wildman–Crippen MR) is 89.7 cm³/mol. The third-order valence-electron chi connectivity index (χ3n) is 3.63. The number of pyridine rings is 2. The largest absolute Gasteiger partial charge is 0.468 e. The summed E-state index contributed by atoms with van der Waals surface area (Å²) < 4.78 is 10.5. The van der Waals surface area contributed by atoms with E-state index >= 15 is 0 Å². The average Bonchev–Trinajstić information content (AvgIpc) is 2.63. The summed E-state index contributed by atoms with van der Waals surface area (Å²) in [6.07, 6.45) is 5.56. The predicted octanol–water partition coefficient (Wildman–Crippen LogP) is 2.46. The zero-order chi connectivity index (χ0) is 16.9. The van der Waals surface area contributed by atoms with Gasteiger partial charge in [-0.25, -0.2) is 4.98 Å². The van der Waals surface area contributed by atoms with Crippen molar-refractivity contribution in [2.45, 2.75) is 12.5 Å². The smallest absolute Gasteiger partial charge is 0.322 e. The molecule has 0 amide bonds. The van der Waals surface area contributed by atoms with Gasteiger partial charge in [0.05, 0.1) is 7.11 Å². The summed E-state index contributed by atoms with van der Waals surface area (Å²) in [5.41, 5.74) is 6.69. The van der Waals surface area contributed by atoms with Crippen molar-refractivity contribution in [3.8, 4) is 11.6 Å². The Kier molecular flexibility index (Phi) is 4.67. The van der Waals surface area contributed by atoms with Crippen LogP contribution in [0.1, 0.15) is 5.56 Å². The van der Waals surface area contributed by atoms with Crippen molar-refractivity contribution in [2.24, 2.45) is 5.73 Å². The lowest BCUT2D eigenvalue weighted by molar-refractivity contribution is -0.142. The number of nitrogens with zero attached hydrogens (tertiary/aromatic N) is 2. The topological polar surface area (TPSA) is 87.3 Å². The fourth-order valence-corrected chi connectivity index (χ4v) is 2.36. The molecule has 0 aliphatic rings. The second-order valence-electron chi connectivity index (χ2n) is 5.29. The minimum Gasteiger partial charge on any atom is -0.468 e. The molecule has 6 heteroatoms. The molecule has 122 valence electrons. The van der Waals surface area contributed by atoms with E-state index in [1.165, 1.54) is 7.11 Å². The number of carbonyl (C=O) groups is 1. The van der Waals surface area contributed by atoms with Gasteiger partial charge in [-0.2, -0.15) is 0 Å². The Morgan fingerprint density at radius 3 is 2.71 bits per heavy atom. The van der Waals surface area contributed by atoms with Crippen molar-refractivity contribution < 1.29 is 14.3 Å². The van der Waals surface area contributed by atoms with Gasteiger partial charge in [-0.05, 0) is 36.2 Å². The van der Waals surface area contributed by atoms with Crippen LogP contribution in [0.3, 0.4) is 0 Å². The number of hydrogen-bond acceptors (Lipinski definition) is 6. The third kappa shape index (κ3) is 3.49. The van der Waals surface area contributed by atoms with Crippen LogP contribution in [0.2, 0.25) is 0 Å². The van der Waals surface area contributed by atoms with Crippen molar-refractivity contribution in [1.82, 2.24) is 9.97 Å². The average molecular weight is 323 g/mol. The minimum absolute atomic E-state index is 0.408. The molecule has 0 aliphatic heterocycles. The first-order valence-electron chi connectivity index (χ1n) is 7.46. The van der Waals surface area contributed by atoms with Crippen LogP contribution >= 0.6 is 0 Å². The van der Waals surface area contributed by atoms with Gasteiger partial charge in [-0.15, -0.1) is 0 Å². The van der Waals surface area contributed by atoms with Gasteiger partial charge in [0.15, 0.2) is 0 Å². The number of aromatic nitrogens is 2. The Hall–Kier alpha value is -2.99. The molecule has 1 atom stereocenters. The zero-order valence-corrected chi connectivity index (χ0v) is 13.2. The number of carbonyl (C=O) groups excluding carboxylic acids is 1. The summed E-state index contributed by atoms with van der Waals surface area (Å²) >= 11 is 0. The number of hydrogen-bond donors (Lipinski definition) is 1. The highest BCUT2D eigenvalue weighted by Crippen LogP contribution is 2.27. The summed E-state index contributed by atoms with van der Waals surface area (Å²) in [6, 6.07) is 10.4. The van der Waals surface area contributed by atoms with Crippen molar-refractivity contribution >= 4 is 16.7 Å². The van der Waals surface area contributed by atoms with E-state index in [0.717, 1.165) is 16.3 Å². The van der Waals surface area contributed by atoms with E-state index in [2.05, 4.69) is 14.7 Å². The molecule has 3 rings (SSSR count). The highest BCUT2D eigenvalue weighted by atomic mass is 16.5. The van der Waals surface area contributed by atoms with Gasteiger partial charge in [0, 0.05) is 29.4 Å². The number of rotatable bonds is 5. The van der Waals surface area contributed by atoms with Crippen LogP contribution in [-0.2, 0) is 16.0 Å². The minimum atomic E-state index is -0.672. The van der Waals surface area contributed by atoms with Gasteiger partial charge in [0.2, 0.25) is 5.88 Å². The summed E-state index contributed by atoms with van der Waals surface area (Å²) in [5.74, 6) is 0.750. The first-order valence-corrected chi connectivity index (χ1v) is 7.46. The molecule has 6 nitrogen and oxygen atoms in total. The first-order chi connectivity index (χ1) is 11.7. The maximum absolute atomic E-state index is 11.4. The van der Waals surface area contributed by atoms with Crippen LogP contribution in [0.5, 0.6) is 11.6 Å². The summed E-state index contributed by atoms with van der Waals surface area (Å²) in [5, 5.41) is 1.85. The SMILES string of the molecule is COC(=O)C(N)Cc1ccc(Oc2nccc3cnccc23)cc1. The van der Waals surface area contributed by atoms with Crippen LogP contribution in [0.4, 0.5) is 0 Å². The van der Waals surface area contributed by atoms with E-state index in [1.807, 2.05) is 36.4 Å². The van der Waals surface area contributed by atoms with Gasteiger partial charge >= 0.3 is 5.97 Å². The van der Waals surface area contributed by atoms with Crippen molar-refractivity contribution in [2.75, 3.05) is 7.11 Å². The Morgan fingerprint density at radius 1 is 1.17 bits per heavy atom. The molecule has 0 spiro atoms. The molecule has 0 radical (unpaired) electrons. The number of fused-ring (bicyclic) bond motifs is 1. The quantitative estimate of drug-likeness (QED) is 0.726. The van der Waals surface area contributed by atoms with E-state index in [1.54, 1.807) is 18.6 Å². The molecular weight excluding hydrogens is 306 g/mol. The van der Waals surface area contributed by atoms with Crippen LogP contribution in [0.15, 0.2) is 55.0 Å². The molecule has 0 bridgehead atoms. The molecule has 2 N–H and O–H groups in total. The van der Waals surface area contributed by atoms with Crippen molar-refractivity contribution in [1.29, 1.82) is 0 Å². The number of ether oxygens (including phenoxy) is 2. The van der Waals surface area contributed by atoms with Gasteiger partial charge in [-0.3, -0.25) is 9.78 Å². The lowest BCUT2D eigenvalue weighted by atomic mass is 10.1. The summed E-state index contributed by atoms with van der Waals surface area (Å²) in [6.45, 7) is 0. The fraction of sp³-hybridized carbons (Fsp3) is 0.167. The fourth-order valence-electron chi connectivity index (χ4n) is 2.36. The Morgan fingerprint density at radius 2 is 1.96 bits per heavy atom. The second kappa shape index (κ2) is 7.06. The van der Waals surface area contributed by atoms with E-state index in [4.69, 9.17) is 10.5 Å². The molecule has 0 aliphatic carbocycles.